The van der Waals surface area contributed by atoms with Crippen molar-refractivity contribution in [3.8, 4) is 0 Å². The van der Waals surface area contributed by atoms with Crippen LogP contribution in [0, 0.1) is 5.92 Å². The van der Waals surface area contributed by atoms with E-state index >= 15 is 0 Å². The number of carbonyl (C=O) groups is 1. The third-order valence-corrected chi connectivity index (χ3v) is 2.38. The first-order valence-corrected chi connectivity index (χ1v) is 9.01. The Labute approximate surface area is 153 Å². The number of nitrogens with zero attached hydrogens (tertiary/aromatic N) is 1. The second-order valence-electron chi connectivity index (χ2n) is 5.67. The number of likely N-dealkylation sites (N-methyl/N-ethyl adjacent to an activating group) is 1. The molecular weight excluding hydrogens is 318 g/mol. The molecule has 0 radical (unpaired) electrons. The maximum absolute atomic E-state index is 10.0. The van der Waals surface area contributed by atoms with Gasteiger partial charge in [-0.3, -0.25) is 9.78 Å². The zero-order valence-electron chi connectivity index (χ0n) is 16.8. The van der Waals surface area contributed by atoms with Gasteiger partial charge in [-0.05, 0) is 24.6 Å². The second-order valence-corrected chi connectivity index (χ2v) is 5.67. The maximum Gasteiger partial charge on any atom is 0.207 e. The zero-order chi connectivity index (χ0) is 19.3. The van der Waals surface area contributed by atoms with Crippen LogP contribution < -0.4 is 10.6 Å². The largest absolute Gasteiger partial charge is 0.375 e. The number of carbonyl (C=O) groups excluding carboxylic acids is 1. The summed E-state index contributed by atoms with van der Waals surface area (Å²) in [7, 11) is 1.89. The Balaban J connectivity index is 0. The van der Waals surface area contributed by atoms with Crippen LogP contribution in [0.5, 0.6) is 0 Å². The minimum Gasteiger partial charge on any atom is -0.375 e. The number of hydrogen-bond donors (Lipinski definition) is 2. The van der Waals surface area contributed by atoms with Crippen molar-refractivity contribution in [1.29, 1.82) is 0 Å². The Kier molecular flexibility index (Phi) is 21.1. The highest BCUT2D eigenvalue weighted by Crippen LogP contribution is 2.03. The van der Waals surface area contributed by atoms with Gasteiger partial charge in [0.1, 0.15) is 0 Å². The quantitative estimate of drug-likeness (QED) is 0.472. The molecule has 6 heteroatoms. The second kappa shape index (κ2) is 20.5. The molecule has 1 aromatic heterocycles. The molecule has 146 valence electrons. The predicted molar refractivity (Wildman–Crippen MR) is 103 cm³/mol. The lowest BCUT2D eigenvalue weighted by Crippen LogP contribution is -2.17. The Morgan fingerprint density at radius 3 is 2.20 bits per heavy atom. The highest BCUT2D eigenvalue weighted by Gasteiger charge is 1.97. The summed E-state index contributed by atoms with van der Waals surface area (Å²) >= 11 is 0. The molecule has 0 aliphatic carbocycles. The van der Waals surface area contributed by atoms with E-state index in [1.54, 1.807) is 6.20 Å². The van der Waals surface area contributed by atoms with E-state index in [1.165, 1.54) is 0 Å². The van der Waals surface area contributed by atoms with Gasteiger partial charge in [0.2, 0.25) is 6.41 Å². The van der Waals surface area contributed by atoms with Gasteiger partial charge in [0.15, 0.2) is 0 Å². The van der Waals surface area contributed by atoms with Crippen LogP contribution in [-0.4, -0.2) is 44.7 Å². The zero-order valence-corrected chi connectivity index (χ0v) is 16.8. The molecule has 0 atom stereocenters. The molecule has 0 unspecified atom stereocenters. The molecule has 25 heavy (non-hydrogen) atoms. The summed E-state index contributed by atoms with van der Waals surface area (Å²) in [6, 6.07) is 3.90. The molecule has 2 N–H and O–H groups in total. The molecule has 1 aromatic rings. The standard InChI is InChI=1S/C13H21N3O3.C4H10.C2H6/c1-14-4-6-18-9-12-2-3-13(16-8-12)10-19-7-5-15-11-17;1-4(2)3;1-2/h2-3,8,11,14H,4-7,9-10H2,1H3,(H,15,17);4H,1-3H3;1-2H3. The number of pyridine rings is 1. The third-order valence-electron chi connectivity index (χ3n) is 2.38. The van der Waals surface area contributed by atoms with Crippen LogP contribution in [0.4, 0.5) is 0 Å². The topological polar surface area (TPSA) is 72.5 Å². The van der Waals surface area contributed by atoms with Crippen LogP contribution in [0.1, 0.15) is 45.9 Å². The molecule has 6 nitrogen and oxygen atoms in total. The third kappa shape index (κ3) is 20.5. The molecular formula is C19H37N3O3. The highest BCUT2D eigenvalue weighted by atomic mass is 16.5. The monoisotopic (exact) mass is 355 g/mol. The van der Waals surface area contributed by atoms with Crippen LogP contribution in [0.2, 0.25) is 0 Å². The van der Waals surface area contributed by atoms with Crippen molar-refractivity contribution in [2.75, 3.05) is 33.4 Å². The van der Waals surface area contributed by atoms with Gasteiger partial charge in [-0.2, -0.15) is 0 Å². The number of rotatable bonds is 11. The molecule has 0 saturated carbocycles. The van der Waals surface area contributed by atoms with Gasteiger partial charge in [-0.15, -0.1) is 0 Å². The van der Waals surface area contributed by atoms with Gasteiger partial charge in [0.25, 0.3) is 0 Å². The minimum atomic E-state index is 0.446. The lowest BCUT2D eigenvalue weighted by Gasteiger charge is -2.06. The number of ether oxygens (including phenoxy) is 2. The lowest BCUT2D eigenvalue weighted by molar-refractivity contribution is -0.109. The number of amides is 1. The van der Waals surface area contributed by atoms with Crippen molar-refractivity contribution in [3.05, 3.63) is 29.6 Å². The Morgan fingerprint density at radius 2 is 1.68 bits per heavy atom. The van der Waals surface area contributed by atoms with Crippen molar-refractivity contribution >= 4 is 6.41 Å². The van der Waals surface area contributed by atoms with Gasteiger partial charge in [-0.25, -0.2) is 0 Å². The molecule has 0 aliphatic heterocycles. The summed E-state index contributed by atoms with van der Waals surface area (Å²) in [4.78, 5) is 14.3. The fourth-order valence-corrected chi connectivity index (χ4v) is 1.36. The van der Waals surface area contributed by atoms with Crippen LogP contribution in [0.3, 0.4) is 0 Å². The number of aromatic nitrogens is 1. The van der Waals surface area contributed by atoms with Crippen molar-refractivity contribution in [1.82, 2.24) is 15.6 Å². The van der Waals surface area contributed by atoms with Crippen molar-refractivity contribution in [3.63, 3.8) is 0 Å². The molecule has 1 rings (SSSR count). The van der Waals surface area contributed by atoms with E-state index < -0.39 is 0 Å². The first-order valence-electron chi connectivity index (χ1n) is 9.01. The van der Waals surface area contributed by atoms with Gasteiger partial charge in [0.05, 0.1) is 32.1 Å². The summed E-state index contributed by atoms with van der Waals surface area (Å²) in [6.45, 7) is 14.0. The van der Waals surface area contributed by atoms with Crippen molar-refractivity contribution < 1.29 is 14.3 Å². The average Bonchev–Trinajstić information content (AvgIpc) is 2.61. The molecule has 1 heterocycles. The highest BCUT2D eigenvalue weighted by molar-refractivity contribution is 5.45. The molecule has 0 spiro atoms. The molecule has 0 bridgehead atoms. The molecule has 0 saturated heterocycles. The van der Waals surface area contributed by atoms with E-state index in [0.29, 0.717) is 39.4 Å². The van der Waals surface area contributed by atoms with Gasteiger partial charge in [0, 0.05) is 19.3 Å². The van der Waals surface area contributed by atoms with Crippen molar-refractivity contribution in [2.24, 2.45) is 5.92 Å². The van der Waals surface area contributed by atoms with Crippen LogP contribution >= 0.6 is 0 Å². The Hall–Kier alpha value is -1.50. The summed E-state index contributed by atoms with van der Waals surface area (Å²) in [5.41, 5.74) is 1.91. The van der Waals surface area contributed by atoms with E-state index in [1.807, 2.05) is 33.0 Å². The van der Waals surface area contributed by atoms with Crippen molar-refractivity contribution in [2.45, 2.75) is 47.8 Å². The van der Waals surface area contributed by atoms with E-state index in [0.717, 1.165) is 23.7 Å². The van der Waals surface area contributed by atoms with Crippen LogP contribution in [0.15, 0.2) is 18.3 Å². The Morgan fingerprint density at radius 1 is 1.08 bits per heavy atom. The molecule has 0 fully saturated rings. The molecule has 0 aromatic carbocycles. The van der Waals surface area contributed by atoms with Gasteiger partial charge >= 0.3 is 0 Å². The number of hydrogen-bond acceptors (Lipinski definition) is 5. The summed E-state index contributed by atoms with van der Waals surface area (Å²) in [5, 5.41) is 5.55. The fourth-order valence-electron chi connectivity index (χ4n) is 1.36. The van der Waals surface area contributed by atoms with Gasteiger partial charge in [-0.1, -0.05) is 40.7 Å². The number of nitrogens with one attached hydrogen (secondary N) is 2. The summed E-state index contributed by atoms with van der Waals surface area (Å²) in [6.07, 6.45) is 2.45. The predicted octanol–water partition coefficient (Wildman–Crippen LogP) is 2.77. The Bertz CT molecular complexity index is 381. The fraction of sp³-hybridized carbons (Fsp3) is 0.684. The van der Waals surface area contributed by atoms with E-state index in [2.05, 4.69) is 36.4 Å². The molecule has 1 amide bonds. The maximum atomic E-state index is 10.0. The van der Waals surface area contributed by atoms with Crippen LogP contribution in [0.25, 0.3) is 0 Å². The summed E-state index contributed by atoms with van der Waals surface area (Å²) in [5.74, 6) is 0.833. The SMILES string of the molecule is CC.CC(C)C.CNCCOCc1ccc(COCCNC=O)nc1. The lowest BCUT2D eigenvalue weighted by atomic mass is 10.2. The van der Waals surface area contributed by atoms with E-state index in [9.17, 15) is 4.79 Å². The van der Waals surface area contributed by atoms with E-state index in [4.69, 9.17) is 9.47 Å². The van der Waals surface area contributed by atoms with Gasteiger partial charge < -0.3 is 20.1 Å². The van der Waals surface area contributed by atoms with Crippen LogP contribution in [-0.2, 0) is 27.5 Å². The minimum absolute atomic E-state index is 0.446. The summed E-state index contributed by atoms with van der Waals surface area (Å²) < 4.78 is 10.8. The average molecular weight is 356 g/mol. The molecule has 0 aliphatic rings. The van der Waals surface area contributed by atoms with E-state index in [-0.39, 0.29) is 0 Å². The smallest absolute Gasteiger partial charge is 0.207 e. The first kappa shape index (κ1) is 25.7. The normalized spacial score (nSPS) is 9.56. The first-order chi connectivity index (χ1) is 12.1.